The van der Waals surface area contributed by atoms with E-state index < -0.39 is 11.6 Å². The van der Waals surface area contributed by atoms with Crippen molar-refractivity contribution in [2.75, 3.05) is 36.9 Å². The first-order valence-corrected chi connectivity index (χ1v) is 9.13. The lowest BCUT2D eigenvalue weighted by molar-refractivity contribution is 0.0302. The lowest BCUT2D eigenvalue weighted by Gasteiger charge is -2.26. The van der Waals surface area contributed by atoms with Gasteiger partial charge in [0.2, 0.25) is 0 Å². The number of anilines is 2. The largest absolute Gasteiger partial charge is 0.378 e. The van der Waals surface area contributed by atoms with Gasteiger partial charge in [-0.05, 0) is 24.3 Å². The molecule has 3 heterocycles. The molecule has 1 saturated heterocycles. The molecule has 0 saturated carbocycles. The third-order valence-electron chi connectivity index (χ3n) is 4.53. The standard InChI is InChI=1S/C20H19N5O4/c26-18(24-8-10-29-11-9-24)14-6-7-17-21-12-16(19(27)25(17)13-14)23-20(28)22-15-4-2-1-3-5-15/h1-7,12-13H,8-11H2,(H2,22,23,28). The Balaban J connectivity index is 1.58. The summed E-state index contributed by atoms with van der Waals surface area (Å²) in [7, 11) is 0. The second-order valence-corrected chi connectivity index (χ2v) is 6.47. The zero-order chi connectivity index (χ0) is 20.2. The van der Waals surface area contributed by atoms with Crippen LogP contribution in [0.3, 0.4) is 0 Å². The van der Waals surface area contributed by atoms with Crippen LogP contribution in [0.4, 0.5) is 16.2 Å². The number of para-hydroxylation sites is 1. The Hall–Kier alpha value is -3.72. The smallest absolute Gasteiger partial charge is 0.323 e. The number of urea groups is 1. The Bertz CT molecular complexity index is 1110. The normalized spacial score (nSPS) is 13.9. The number of fused-ring (bicyclic) bond motifs is 1. The van der Waals surface area contributed by atoms with Crippen LogP contribution in [-0.4, -0.2) is 52.5 Å². The van der Waals surface area contributed by atoms with Gasteiger partial charge in [0.05, 0.1) is 25.0 Å². The van der Waals surface area contributed by atoms with Crippen LogP contribution in [0.5, 0.6) is 0 Å². The number of aromatic nitrogens is 2. The Morgan fingerprint density at radius 3 is 2.52 bits per heavy atom. The van der Waals surface area contributed by atoms with E-state index in [4.69, 9.17) is 4.74 Å². The van der Waals surface area contributed by atoms with E-state index in [0.717, 1.165) is 0 Å². The van der Waals surface area contributed by atoms with Gasteiger partial charge >= 0.3 is 6.03 Å². The molecule has 1 fully saturated rings. The maximum atomic E-state index is 12.8. The topological polar surface area (TPSA) is 105 Å². The number of ether oxygens (including phenoxy) is 1. The minimum Gasteiger partial charge on any atom is -0.378 e. The maximum Gasteiger partial charge on any atom is 0.323 e. The van der Waals surface area contributed by atoms with E-state index >= 15 is 0 Å². The van der Waals surface area contributed by atoms with Gasteiger partial charge in [-0.3, -0.25) is 14.0 Å². The van der Waals surface area contributed by atoms with Crippen molar-refractivity contribution in [1.82, 2.24) is 14.3 Å². The molecular weight excluding hydrogens is 374 g/mol. The average Bonchev–Trinajstić information content (AvgIpc) is 2.76. The zero-order valence-electron chi connectivity index (χ0n) is 15.5. The van der Waals surface area contributed by atoms with Crippen molar-refractivity contribution in [2.45, 2.75) is 0 Å². The maximum absolute atomic E-state index is 12.8. The number of hydrogen-bond donors (Lipinski definition) is 2. The summed E-state index contributed by atoms with van der Waals surface area (Å²) in [5.41, 5.74) is 0.871. The molecule has 0 unspecified atom stereocenters. The van der Waals surface area contributed by atoms with Gasteiger partial charge in [-0.25, -0.2) is 9.78 Å². The third-order valence-corrected chi connectivity index (χ3v) is 4.53. The van der Waals surface area contributed by atoms with Gasteiger partial charge in [-0.2, -0.15) is 0 Å². The van der Waals surface area contributed by atoms with Crippen molar-refractivity contribution in [3.63, 3.8) is 0 Å². The van der Waals surface area contributed by atoms with Crippen LogP contribution >= 0.6 is 0 Å². The van der Waals surface area contributed by atoms with Gasteiger partial charge in [0.15, 0.2) is 0 Å². The minimum atomic E-state index is -0.560. The lowest BCUT2D eigenvalue weighted by atomic mass is 10.2. The van der Waals surface area contributed by atoms with E-state index in [0.29, 0.717) is 43.2 Å². The number of nitrogens with one attached hydrogen (secondary N) is 2. The Labute approximate surface area is 165 Å². The number of benzene rings is 1. The van der Waals surface area contributed by atoms with Gasteiger partial charge in [0, 0.05) is 25.0 Å². The fourth-order valence-electron chi connectivity index (χ4n) is 3.04. The van der Waals surface area contributed by atoms with Crippen LogP contribution in [0.2, 0.25) is 0 Å². The van der Waals surface area contributed by atoms with Crippen molar-refractivity contribution >= 4 is 29.0 Å². The van der Waals surface area contributed by atoms with E-state index in [1.54, 1.807) is 41.3 Å². The molecule has 148 valence electrons. The van der Waals surface area contributed by atoms with E-state index in [1.807, 2.05) is 6.07 Å². The molecule has 3 amide bonds. The molecule has 0 radical (unpaired) electrons. The van der Waals surface area contributed by atoms with Crippen LogP contribution in [0.15, 0.2) is 59.7 Å². The quantitative estimate of drug-likeness (QED) is 0.706. The molecule has 9 heteroatoms. The molecular formula is C20H19N5O4. The van der Waals surface area contributed by atoms with E-state index in [-0.39, 0.29) is 11.6 Å². The van der Waals surface area contributed by atoms with Gasteiger partial charge in [-0.15, -0.1) is 0 Å². The SMILES string of the molecule is O=C(Nc1ccccc1)Nc1cnc2ccc(C(=O)N3CCOCC3)cn2c1=O. The molecule has 0 spiro atoms. The van der Waals surface area contributed by atoms with Gasteiger partial charge in [0.1, 0.15) is 11.3 Å². The van der Waals surface area contributed by atoms with Crippen molar-refractivity contribution in [2.24, 2.45) is 0 Å². The molecule has 0 aliphatic carbocycles. The van der Waals surface area contributed by atoms with Crippen LogP contribution < -0.4 is 16.2 Å². The highest BCUT2D eigenvalue weighted by molar-refractivity contribution is 5.99. The summed E-state index contributed by atoms with van der Waals surface area (Å²) in [6.07, 6.45) is 2.74. The fraction of sp³-hybridized carbons (Fsp3) is 0.200. The summed E-state index contributed by atoms with van der Waals surface area (Å²) in [5, 5.41) is 5.14. The van der Waals surface area contributed by atoms with Crippen LogP contribution in [-0.2, 0) is 4.74 Å². The molecule has 3 aromatic rings. The first-order chi connectivity index (χ1) is 14.1. The van der Waals surface area contributed by atoms with E-state index in [2.05, 4.69) is 15.6 Å². The molecule has 9 nitrogen and oxygen atoms in total. The van der Waals surface area contributed by atoms with E-state index in [1.165, 1.54) is 16.8 Å². The number of carbonyl (C=O) groups is 2. The highest BCUT2D eigenvalue weighted by Crippen LogP contribution is 2.10. The molecule has 29 heavy (non-hydrogen) atoms. The van der Waals surface area contributed by atoms with E-state index in [9.17, 15) is 14.4 Å². The van der Waals surface area contributed by atoms with Crippen LogP contribution in [0.25, 0.3) is 5.65 Å². The van der Waals surface area contributed by atoms with Crippen molar-refractivity contribution < 1.29 is 14.3 Å². The molecule has 2 N–H and O–H groups in total. The molecule has 1 aliphatic heterocycles. The second-order valence-electron chi connectivity index (χ2n) is 6.47. The lowest BCUT2D eigenvalue weighted by Crippen LogP contribution is -2.40. The summed E-state index contributed by atoms with van der Waals surface area (Å²) in [4.78, 5) is 43.5. The Morgan fingerprint density at radius 1 is 1.00 bits per heavy atom. The number of nitrogens with zero attached hydrogens (tertiary/aromatic N) is 3. The van der Waals surface area contributed by atoms with Crippen molar-refractivity contribution in [3.05, 3.63) is 70.8 Å². The summed E-state index contributed by atoms with van der Waals surface area (Å²) >= 11 is 0. The van der Waals surface area contributed by atoms with Gasteiger partial charge in [-0.1, -0.05) is 18.2 Å². The Morgan fingerprint density at radius 2 is 1.76 bits per heavy atom. The molecule has 0 bridgehead atoms. The summed E-state index contributed by atoms with van der Waals surface area (Å²) in [6, 6.07) is 11.5. The molecule has 4 rings (SSSR count). The highest BCUT2D eigenvalue weighted by Gasteiger charge is 2.19. The zero-order valence-corrected chi connectivity index (χ0v) is 15.5. The van der Waals surface area contributed by atoms with Crippen LogP contribution in [0, 0.1) is 0 Å². The molecule has 2 aromatic heterocycles. The van der Waals surface area contributed by atoms with Crippen LogP contribution in [0.1, 0.15) is 10.4 Å². The predicted octanol–water partition coefficient (Wildman–Crippen LogP) is 1.81. The monoisotopic (exact) mass is 393 g/mol. The number of rotatable bonds is 3. The number of hydrogen-bond acceptors (Lipinski definition) is 5. The highest BCUT2D eigenvalue weighted by atomic mass is 16.5. The predicted molar refractivity (Wildman–Crippen MR) is 107 cm³/mol. The van der Waals surface area contributed by atoms with Gasteiger partial charge in [0.25, 0.3) is 11.5 Å². The fourth-order valence-corrected chi connectivity index (χ4v) is 3.04. The van der Waals surface area contributed by atoms with Crippen molar-refractivity contribution in [1.29, 1.82) is 0 Å². The molecule has 1 aromatic carbocycles. The minimum absolute atomic E-state index is 0.00639. The number of morpholine rings is 1. The van der Waals surface area contributed by atoms with Gasteiger partial charge < -0.3 is 20.3 Å². The first-order valence-electron chi connectivity index (χ1n) is 9.13. The summed E-state index contributed by atoms with van der Waals surface area (Å²) in [5.74, 6) is -0.178. The third kappa shape index (κ3) is 4.09. The van der Waals surface area contributed by atoms with Crippen molar-refractivity contribution in [3.8, 4) is 0 Å². The molecule has 0 atom stereocenters. The average molecular weight is 393 g/mol. The summed E-state index contributed by atoms with van der Waals surface area (Å²) in [6.45, 7) is 1.99. The molecule has 1 aliphatic rings. The summed E-state index contributed by atoms with van der Waals surface area (Å²) < 4.78 is 6.52. The number of carbonyl (C=O) groups excluding carboxylic acids is 2. The number of amides is 3. The Kier molecular flexibility index (Phi) is 5.21. The number of pyridine rings is 1. The first kappa shape index (κ1) is 18.6. The second kappa shape index (κ2) is 8.11.